The van der Waals surface area contributed by atoms with Crippen molar-refractivity contribution in [2.75, 3.05) is 0 Å². The summed E-state index contributed by atoms with van der Waals surface area (Å²) in [7, 11) is 4.19. The molecule has 2 radical (unpaired) electrons. The van der Waals surface area contributed by atoms with Gasteiger partial charge in [-0.15, -0.1) is 0 Å². The van der Waals surface area contributed by atoms with Crippen molar-refractivity contribution in [1.82, 2.24) is 0 Å². The minimum absolute atomic E-state index is 0.210. The fraction of sp³-hybridized carbons (Fsp3) is 0.300. The highest BCUT2D eigenvalue weighted by molar-refractivity contribution is 8.03. The van der Waals surface area contributed by atoms with E-state index >= 15 is 0 Å². The van der Waals surface area contributed by atoms with E-state index in [2.05, 4.69) is 19.6 Å². The second kappa shape index (κ2) is 9.54. The number of nitrogens with zero attached hydrogens (tertiary/aromatic N) is 1. The van der Waals surface area contributed by atoms with Crippen molar-refractivity contribution < 1.29 is 8.78 Å². The summed E-state index contributed by atoms with van der Waals surface area (Å²) in [6, 6.07) is 4.18. The van der Waals surface area contributed by atoms with Gasteiger partial charge in [-0.1, -0.05) is 19.9 Å². The maximum atomic E-state index is 12.7. The third kappa shape index (κ3) is 4.84. The van der Waals surface area contributed by atoms with Gasteiger partial charge in [0.1, 0.15) is 6.07 Å². The number of halogens is 2. The summed E-state index contributed by atoms with van der Waals surface area (Å²) >= 11 is 3.03. The molecule has 0 aliphatic rings. The van der Waals surface area contributed by atoms with Crippen LogP contribution < -0.4 is 0 Å². The molecular weight excluding hydrogens is 215 g/mol. The van der Waals surface area contributed by atoms with Gasteiger partial charge in [0.25, 0.3) is 0 Å². The third-order valence-electron chi connectivity index (χ3n) is 1.40. The normalized spacial score (nSPS) is 7.53. The topological polar surface area (TPSA) is 23.8 Å². The first kappa shape index (κ1) is 16.4. The Morgan fingerprint density at radius 2 is 1.67 bits per heavy atom. The molecule has 0 unspecified atom stereocenters. The van der Waals surface area contributed by atoms with E-state index in [-0.39, 0.29) is 11.1 Å². The van der Waals surface area contributed by atoms with Gasteiger partial charge in [-0.2, -0.15) is 5.26 Å². The van der Waals surface area contributed by atoms with Crippen molar-refractivity contribution in [3.63, 3.8) is 0 Å². The van der Waals surface area contributed by atoms with Crippen LogP contribution in [0.1, 0.15) is 25.0 Å². The average Bonchev–Trinajstić information content (AvgIpc) is 2.32. The van der Waals surface area contributed by atoms with Gasteiger partial charge in [0.2, 0.25) is 0 Å². The average molecular weight is 227 g/mol. The molecule has 0 saturated carbocycles. The zero-order valence-electron chi connectivity index (χ0n) is 8.88. The van der Waals surface area contributed by atoms with Crippen molar-refractivity contribution >= 4 is 19.6 Å². The zero-order valence-corrected chi connectivity index (χ0v) is 9.78. The Morgan fingerprint density at radius 1 is 1.20 bits per heavy atom. The molecule has 1 aromatic carbocycles. The first-order valence-electron chi connectivity index (χ1n) is 4.27. The second-order valence-electron chi connectivity index (χ2n) is 2.17. The van der Waals surface area contributed by atoms with E-state index in [1.165, 1.54) is 19.1 Å². The predicted molar refractivity (Wildman–Crippen MR) is 61.9 cm³/mol. The maximum absolute atomic E-state index is 12.7. The number of aryl methyl sites for hydroxylation is 1. The van der Waals surface area contributed by atoms with Gasteiger partial charge < -0.3 is 0 Å². The number of hydrogen-bond donors (Lipinski definition) is 1. The highest BCUT2D eigenvalue weighted by atomic mass is 32.1. The van der Waals surface area contributed by atoms with Crippen molar-refractivity contribution in [1.29, 1.82) is 5.26 Å². The van der Waals surface area contributed by atoms with E-state index in [0.29, 0.717) is 0 Å². The van der Waals surface area contributed by atoms with Crippen molar-refractivity contribution in [3.8, 4) is 6.07 Å². The highest BCUT2D eigenvalue weighted by Gasteiger charge is 2.09. The van der Waals surface area contributed by atoms with Crippen LogP contribution in [0, 0.1) is 29.9 Å². The van der Waals surface area contributed by atoms with Gasteiger partial charge in [-0.05, 0) is 18.6 Å². The van der Waals surface area contributed by atoms with Crippen LogP contribution in [0.3, 0.4) is 0 Å². The van der Waals surface area contributed by atoms with Gasteiger partial charge >= 0.3 is 0 Å². The largest absolute Gasteiger partial charge is 0.244 e. The first-order chi connectivity index (χ1) is 7.16. The van der Waals surface area contributed by atoms with Crippen LogP contribution in [-0.4, -0.2) is 7.12 Å². The third-order valence-corrected chi connectivity index (χ3v) is 1.40. The molecule has 0 saturated heterocycles. The van der Waals surface area contributed by atoms with Gasteiger partial charge in [-0.25, -0.2) is 21.3 Å². The molecular formula is C10H12BF2NS. The van der Waals surface area contributed by atoms with Gasteiger partial charge in [0, 0.05) is 0 Å². The molecule has 1 rings (SSSR count). The smallest absolute Gasteiger partial charge is 0.176 e. The van der Waals surface area contributed by atoms with E-state index < -0.39 is 11.6 Å². The molecule has 1 nitrogen and oxygen atoms in total. The molecule has 0 fully saturated rings. The fourth-order valence-electron chi connectivity index (χ4n) is 0.732. The molecule has 80 valence electrons. The van der Waals surface area contributed by atoms with E-state index in [1.54, 1.807) is 6.07 Å². The van der Waals surface area contributed by atoms with Crippen molar-refractivity contribution in [2.24, 2.45) is 0 Å². The van der Waals surface area contributed by atoms with E-state index in [0.717, 1.165) is 0 Å². The zero-order chi connectivity index (χ0) is 12.4. The number of benzene rings is 1. The number of hydrogen-bond acceptors (Lipinski definition) is 2. The second-order valence-corrected chi connectivity index (χ2v) is 2.17. The van der Waals surface area contributed by atoms with E-state index in [4.69, 9.17) is 5.26 Å². The molecule has 5 heteroatoms. The molecule has 0 aromatic heterocycles. The van der Waals surface area contributed by atoms with Crippen LogP contribution in [0.15, 0.2) is 12.1 Å². The molecule has 0 aliphatic heterocycles. The highest BCUT2D eigenvalue weighted by Crippen LogP contribution is 2.14. The Hall–Kier alpha value is -1.02. The molecule has 0 spiro atoms. The summed E-state index contributed by atoms with van der Waals surface area (Å²) in [6.45, 7) is 5.44. The van der Waals surface area contributed by atoms with Crippen molar-refractivity contribution in [2.45, 2.75) is 20.8 Å². The lowest BCUT2D eigenvalue weighted by Gasteiger charge is -1.97. The number of nitriles is 1. The summed E-state index contributed by atoms with van der Waals surface area (Å²) in [4.78, 5) is 0. The molecule has 0 atom stereocenters. The first-order valence-corrected chi connectivity index (χ1v) is 4.79. The molecule has 0 N–H and O–H groups in total. The summed E-state index contributed by atoms with van der Waals surface area (Å²) in [5.41, 5.74) is -0.0467. The summed E-state index contributed by atoms with van der Waals surface area (Å²) in [6.07, 6.45) is 0. The minimum Gasteiger partial charge on any atom is -0.244 e. The van der Waals surface area contributed by atoms with Crippen LogP contribution in [0.2, 0.25) is 0 Å². The van der Waals surface area contributed by atoms with Crippen LogP contribution in [0.4, 0.5) is 8.78 Å². The predicted octanol–water partition coefficient (Wildman–Crippen LogP) is 3.17. The SMILES string of the molecule is CC.Cc1ccc(C#N)c(F)c1F.[B]S. The fourth-order valence-corrected chi connectivity index (χ4v) is 0.732. The standard InChI is InChI=1S/C8H5F2N.C2H6.BHS/c1-5-2-3-6(4-11)8(10)7(5)9;2*1-2/h2-3H,1H3;1-2H3;2H. The monoisotopic (exact) mass is 227 g/mol. The van der Waals surface area contributed by atoms with E-state index in [1.807, 2.05) is 13.8 Å². The Labute approximate surface area is 95.8 Å². The number of rotatable bonds is 0. The lowest BCUT2D eigenvalue weighted by Crippen LogP contribution is -1.92. The molecule has 0 heterocycles. The summed E-state index contributed by atoms with van der Waals surface area (Å²) in [5.74, 6) is -2.00. The molecule has 0 bridgehead atoms. The van der Waals surface area contributed by atoms with E-state index in [9.17, 15) is 8.78 Å². The molecule has 0 amide bonds. The Morgan fingerprint density at radius 3 is 2.07 bits per heavy atom. The quantitative estimate of drug-likeness (QED) is 0.534. The lowest BCUT2D eigenvalue weighted by atomic mass is 10.1. The molecule has 0 aliphatic carbocycles. The molecule has 1 aromatic rings. The van der Waals surface area contributed by atoms with Gasteiger partial charge in [0.15, 0.2) is 18.8 Å². The maximum Gasteiger partial charge on any atom is 0.176 e. The summed E-state index contributed by atoms with van der Waals surface area (Å²) < 4.78 is 25.3. The Kier molecular flexibility index (Phi) is 10.4. The minimum atomic E-state index is -1.06. The van der Waals surface area contributed by atoms with Crippen LogP contribution in [-0.2, 0) is 0 Å². The Bertz CT molecular complexity index is 337. The van der Waals surface area contributed by atoms with Crippen LogP contribution in [0.5, 0.6) is 0 Å². The van der Waals surface area contributed by atoms with Gasteiger partial charge in [0.05, 0.1) is 5.56 Å². The molecule has 15 heavy (non-hydrogen) atoms. The lowest BCUT2D eigenvalue weighted by molar-refractivity contribution is 0.501. The van der Waals surface area contributed by atoms with Gasteiger partial charge in [-0.3, -0.25) is 0 Å². The Balaban J connectivity index is 0. The van der Waals surface area contributed by atoms with Crippen molar-refractivity contribution in [3.05, 3.63) is 34.9 Å². The van der Waals surface area contributed by atoms with Crippen LogP contribution >= 0.6 is 12.5 Å². The van der Waals surface area contributed by atoms with Crippen LogP contribution in [0.25, 0.3) is 0 Å². The summed E-state index contributed by atoms with van der Waals surface area (Å²) in [5, 5.41) is 8.28. The number of thiol groups is 1.